The summed E-state index contributed by atoms with van der Waals surface area (Å²) in [4.78, 5) is 28.1. The van der Waals surface area contributed by atoms with Crippen molar-refractivity contribution in [1.82, 2.24) is 14.9 Å². The van der Waals surface area contributed by atoms with Gasteiger partial charge in [0, 0.05) is 30.7 Å². The van der Waals surface area contributed by atoms with Crippen LogP contribution in [0.3, 0.4) is 0 Å². The van der Waals surface area contributed by atoms with E-state index in [1.807, 2.05) is 19.0 Å². The summed E-state index contributed by atoms with van der Waals surface area (Å²) in [5.41, 5.74) is -0.759. The van der Waals surface area contributed by atoms with Gasteiger partial charge in [0.05, 0.1) is 36.7 Å². The highest BCUT2D eigenvalue weighted by molar-refractivity contribution is 6.00. The second-order valence-corrected chi connectivity index (χ2v) is 9.45. The highest BCUT2D eigenvalue weighted by Gasteiger charge is 2.38. The molecule has 4 rings (SSSR count). The highest BCUT2D eigenvalue weighted by atomic mass is 19.4. The van der Waals surface area contributed by atoms with E-state index in [2.05, 4.69) is 27.2 Å². The van der Waals surface area contributed by atoms with Crippen molar-refractivity contribution in [3.63, 3.8) is 0 Å². The van der Waals surface area contributed by atoms with Gasteiger partial charge in [0.25, 0.3) is 0 Å². The number of anilines is 4. The van der Waals surface area contributed by atoms with Crippen LogP contribution in [0.4, 0.5) is 40.6 Å². The van der Waals surface area contributed by atoms with Gasteiger partial charge < -0.3 is 25.0 Å². The third-order valence-electron chi connectivity index (χ3n) is 6.28. The fraction of sp³-hybridized carbons (Fsp3) is 0.321. The lowest BCUT2D eigenvalue weighted by atomic mass is 10.0. The van der Waals surface area contributed by atoms with Crippen LogP contribution >= 0.6 is 0 Å². The third-order valence-corrected chi connectivity index (χ3v) is 6.28. The van der Waals surface area contributed by atoms with Gasteiger partial charge in [0.2, 0.25) is 5.91 Å². The van der Waals surface area contributed by atoms with Crippen molar-refractivity contribution in [3.05, 3.63) is 72.3 Å². The van der Waals surface area contributed by atoms with E-state index in [4.69, 9.17) is 14.3 Å². The zero-order valence-electron chi connectivity index (χ0n) is 23.2. The molecule has 1 amide bonds. The number of hydroxylamine groups is 1. The molecule has 1 aromatic heterocycles. The third kappa shape index (κ3) is 7.06. The maximum atomic E-state index is 15.0. The predicted molar refractivity (Wildman–Crippen MR) is 148 cm³/mol. The Kier molecular flexibility index (Phi) is 9.48. The fourth-order valence-corrected chi connectivity index (χ4v) is 4.24. The van der Waals surface area contributed by atoms with E-state index in [-0.39, 0.29) is 30.2 Å². The minimum Gasteiger partial charge on any atom is -0.494 e. The van der Waals surface area contributed by atoms with Crippen LogP contribution in [0.15, 0.2) is 55.4 Å². The normalized spacial score (nSPS) is 15.0. The van der Waals surface area contributed by atoms with Crippen molar-refractivity contribution in [3.8, 4) is 11.5 Å². The number of rotatable bonds is 11. The maximum absolute atomic E-state index is 15.0. The number of benzene rings is 2. The van der Waals surface area contributed by atoms with Crippen molar-refractivity contribution < 1.29 is 36.7 Å². The molecule has 224 valence electrons. The van der Waals surface area contributed by atoms with Gasteiger partial charge in [-0.15, -0.1) is 0 Å². The molecule has 1 aliphatic heterocycles. The number of carbonyl (C=O) groups is 1. The van der Waals surface area contributed by atoms with Crippen LogP contribution in [0.25, 0.3) is 0 Å². The van der Waals surface area contributed by atoms with Crippen molar-refractivity contribution in [2.45, 2.75) is 18.6 Å². The first kappa shape index (κ1) is 30.5. The fourth-order valence-electron chi connectivity index (χ4n) is 4.24. The van der Waals surface area contributed by atoms with Crippen molar-refractivity contribution in [2.24, 2.45) is 0 Å². The molecule has 0 unspecified atom stereocenters. The molecule has 1 saturated heterocycles. The van der Waals surface area contributed by atoms with E-state index in [9.17, 15) is 22.4 Å². The smallest absolute Gasteiger partial charge is 0.419 e. The van der Waals surface area contributed by atoms with Crippen molar-refractivity contribution in [2.75, 3.05) is 56.7 Å². The minimum absolute atomic E-state index is 0.141. The summed E-state index contributed by atoms with van der Waals surface area (Å²) in [7, 11) is 5.27. The molecule has 0 aliphatic carbocycles. The lowest BCUT2D eigenvalue weighted by Gasteiger charge is -2.25. The molecule has 1 atom stereocenters. The van der Waals surface area contributed by atoms with Gasteiger partial charge in [0.15, 0.2) is 5.82 Å². The van der Waals surface area contributed by atoms with Gasteiger partial charge in [0.1, 0.15) is 36.1 Å². The summed E-state index contributed by atoms with van der Waals surface area (Å²) in [6.45, 7) is 4.60. The number of likely N-dealkylation sites (N-methyl/N-ethyl adjacent to an activating group) is 1. The van der Waals surface area contributed by atoms with Crippen LogP contribution in [0.1, 0.15) is 23.6 Å². The quantitative estimate of drug-likeness (QED) is 0.227. The Hall–Kier alpha value is -4.43. The second-order valence-electron chi connectivity index (χ2n) is 9.45. The van der Waals surface area contributed by atoms with E-state index >= 15 is 0 Å². The number of alkyl halides is 3. The number of hydrogen-bond acceptors (Lipinski definition) is 9. The molecule has 2 aromatic carbocycles. The topological polar surface area (TPSA) is 101 Å². The number of nitrogens with one attached hydrogen (secondary N) is 2. The molecule has 10 nitrogen and oxygen atoms in total. The second kappa shape index (κ2) is 13.0. The van der Waals surface area contributed by atoms with Crippen LogP contribution in [-0.4, -0.2) is 61.7 Å². The monoisotopic (exact) mass is 590 g/mol. The SMILES string of the molecule is C=CC(=O)Nc1cc(Nc2cc(N3OCC[C@@H]3c3cccc(C(F)(F)F)c3F)ncn2)c(OC)cc1OCCN(C)C. The largest absolute Gasteiger partial charge is 0.494 e. The Morgan fingerprint density at radius 2 is 2.00 bits per heavy atom. The van der Waals surface area contributed by atoms with Gasteiger partial charge in [-0.3, -0.25) is 9.63 Å². The molecule has 0 saturated carbocycles. The first-order valence-corrected chi connectivity index (χ1v) is 12.8. The van der Waals surface area contributed by atoms with Gasteiger partial charge in [-0.25, -0.2) is 19.4 Å². The number of nitrogens with zero attached hydrogens (tertiary/aromatic N) is 4. The van der Waals surface area contributed by atoms with E-state index in [0.717, 1.165) is 12.1 Å². The zero-order valence-corrected chi connectivity index (χ0v) is 23.2. The molecular formula is C28H30F4N6O4. The van der Waals surface area contributed by atoms with Crippen molar-refractivity contribution >= 4 is 28.9 Å². The molecule has 0 spiro atoms. The Bertz CT molecular complexity index is 1440. The highest BCUT2D eigenvalue weighted by Crippen LogP contribution is 2.41. The predicted octanol–water partition coefficient (Wildman–Crippen LogP) is 5.33. The van der Waals surface area contributed by atoms with E-state index in [0.29, 0.717) is 42.1 Å². The molecule has 2 N–H and O–H groups in total. The molecule has 0 bridgehead atoms. The van der Waals surface area contributed by atoms with Crippen LogP contribution in [0, 0.1) is 5.82 Å². The average Bonchev–Trinajstić information content (AvgIpc) is 3.43. The summed E-state index contributed by atoms with van der Waals surface area (Å²) < 4.78 is 66.4. The Morgan fingerprint density at radius 3 is 2.69 bits per heavy atom. The van der Waals surface area contributed by atoms with E-state index in [1.165, 1.54) is 30.6 Å². The first-order valence-electron chi connectivity index (χ1n) is 12.8. The number of carbonyl (C=O) groups excluding carboxylic acids is 1. The summed E-state index contributed by atoms with van der Waals surface area (Å²) >= 11 is 0. The molecular weight excluding hydrogens is 560 g/mol. The molecule has 1 aliphatic rings. The lowest BCUT2D eigenvalue weighted by molar-refractivity contribution is -0.140. The summed E-state index contributed by atoms with van der Waals surface area (Å²) in [6, 6.07) is 6.99. The van der Waals surface area contributed by atoms with Crippen LogP contribution in [0.2, 0.25) is 0 Å². The average molecular weight is 591 g/mol. The molecule has 14 heteroatoms. The van der Waals surface area contributed by atoms with Gasteiger partial charge in [-0.1, -0.05) is 18.7 Å². The van der Waals surface area contributed by atoms with Gasteiger partial charge in [-0.2, -0.15) is 13.2 Å². The Balaban J connectivity index is 1.63. The molecule has 3 aromatic rings. The zero-order chi connectivity index (χ0) is 30.4. The minimum atomic E-state index is -4.84. The van der Waals surface area contributed by atoms with Crippen LogP contribution in [0.5, 0.6) is 11.5 Å². The number of halogens is 4. The molecule has 0 radical (unpaired) electrons. The number of ether oxygens (including phenoxy) is 2. The number of aromatic nitrogens is 2. The summed E-state index contributed by atoms with van der Waals surface area (Å²) in [5, 5.41) is 7.07. The number of amides is 1. The molecule has 42 heavy (non-hydrogen) atoms. The standard InChI is InChI=1S/C28H30F4N6O4/c1-5-26(39)36-20-13-19(22(40-4)14-23(20)41-12-10-37(2)3)35-24-15-25(34-16-33-24)38-21(9-11-42-38)17-7-6-8-18(27(17)29)28(30,31)32/h5-8,13-16,21H,1,9-12H2,2-4H3,(H,36,39)(H,33,34,35)/t21-/m1/s1. The first-order chi connectivity index (χ1) is 20.0. The Morgan fingerprint density at radius 1 is 1.21 bits per heavy atom. The summed E-state index contributed by atoms with van der Waals surface area (Å²) in [5.74, 6) is -0.618. The van der Waals surface area contributed by atoms with Gasteiger partial charge >= 0.3 is 6.18 Å². The van der Waals surface area contributed by atoms with Crippen LogP contribution < -0.4 is 25.2 Å². The van der Waals surface area contributed by atoms with E-state index in [1.54, 1.807) is 12.1 Å². The molecule has 1 fully saturated rings. The maximum Gasteiger partial charge on any atom is 0.419 e. The van der Waals surface area contributed by atoms with Crippen LogP contribution in [-0.2, 0) is 15.8 Å². The number of hydrogen-bond donors (Lipinski definition) is 2. The van der Waals surface area contributed by atoms with Crippen molar-refractivity contribution in [1.29, 1.82) is 0 Å². The number of methoxy groups -OCH3 is 1. The lowest BCUT2D eigenvalue weighted by Crippen LogP contribution is -2.24. The Labute approximate surface area is 239 Å². The molecule has 2 heterocycles. The summed E-state index contributed by atoms with van der Waals surface area (Å²) in [6.07, 6.45) is -2.26. The van der Waals surface area contributed by atoms with Gasteiger partial charge in [-0.05, 0) is 32.3 Å². The van der Waals surface area contributed by atoms with E-state index < -0.39 is 29.5 Å².